The van der Waals surface area contributed by atoms with Crippen LogP contribution in [0.2, 0.25) is 5.02 Å². The average Bonchev–Trinajstić information content (AvgIpc) is 3.18. The van der Waals surface area contributed by atoms with Crippen molar-refractivity contribution in [3.8, 4) is 5.69 Å². The van der Waals surface area contributed by atoms with E-state index in [9.17, 15) is 4.79 Å². The van der Waals surface area contributed by atoms with Crippen LogP contribution in [0.4, 0.5) is 5.82 Å². The minimum absolute atomic E-state index is 0.0155. The highest BCUT2D eigenvalue weighted by Gasteiger charge is 2.33. The van der Waals surface area contributed by atoms with E-state index in [2.05, 4.69) is 11.4 Å². The van der Waals surface area contributed by atoms with Crippen molar-refractivity contribution in [2.24, 2.45) is 0 Å². The molecule has 0 saturated carbocycles. The smallest absolute Gasteiger partial charge is 0.226 e. The van der Waals surface area contributed by atoms with Gasteiger partial charge in [0.25, 0.3) is 0 Å². The number of nitrogens with zero attached hydrogens (tertiary/aromatic N) is 2. The van der Waals surface area contributed by atoms with Crippen LogP contribution in [0.25, 0.3) is 5.69 Å². The molecule has 1 amide bonds. The number of amides is 1. The van der Waals surface area contributed by atoms with Gasteiger partial charge in [-0.1, -0.05) is 23.7 Å². The van der Waals surface area contributed by atoms with E-state index in [1.165, 1.54) is 4.88 Å². The van der Waals surface area contributed by atoms with Gasteiger partial charge in [0.1, 0.15) is 5.82 Å². The molecule has 3 heterocycles. The van der Waals surface area contributed by atoms with E-state index >= 15 is 0 Å². The largest absolute Gasteiger partial charge is 0.310 e. The summed E-state index contributed by atoms with van der Waals surface area (Å²) in [5.41, 5.74) is 3.86. The summed E-state index contributed by atoms with van der Waals surface area (Å²) in [6.45, 7) is 3.95. The number of nitrogens with one attached hydrogen (secondary N) is 1. The van der Waals surface area contributed by atoms with E-state index in [1.807, 2.05) is 48.2 Å². The van der Waals surface area contributed by atoms with Crippen molar-refractivity contribution in [1.82, 2.24) is 9.78 Å². The summed E-state index contributed by atoms with van der Waals surface area (Å²) in [6, 6.07) is 9.83. The molecule has 1 N–H and O–H groups in total. The van der Waals surface area contributed by atoms with Gasteiger partial charge in [0, 0.05) is 27.8 Å². The van der Waals surface area contributed by atoms with E-state index in [1.54, 1.807) is 11.3 Å². The van der Waals surface area contributed by atoms with Gasteiger partial charge in [-0.05, 0) is 43.0 Å². The molecule has 0 saturated heterocycles. The molecule has 1 aromatic carbocycles. The Labute approximate surface area is 149 Å². The fraction of sp³-hybridized carbons (Fsp3) is 0.222. The summed E-state index contributed by atoms with van der Waals surface area (Å²) in [7, 11) is 0. The van der Waals surface area contributed by atoms with Gasteiger partial charge in [-0.25, -0.2) is 4.68 Å². The molecule has 0 spiro atoms. The van der Waals surface area contributed by atoms with Gasteiger partial charge in [0.2, 0.25) is 5.91 Å². The molecule has 0 aliphatic carbocycles. The summed E-state index contributed by atoms with van der Waals surface area (Å²) in [5, 5.41) is 10.4. The molecule has 0 radical (unpaired) electrons. The van der Waals surface area contributed by atoms with Crippen LogP contribution in [0.3, 0.4) is 0 Å². The number of aryl methyl sites for hydroxylation is 1. The van der Waals surface area contributed by atoms with E-state index < -0.39 is 0 Å². The van der Waals surface area contributed by atoms with Crippen molar-refractivity contribution in [3.63, 3.8) is 0 Å². The molecule has 0 bridgehead atoms. The monoisotopic (exact) mass is 357 g/mol. The minimum Gasteiger partial charge on any atom is -0.310 e. The van der Waals surface area contributed by atoms with Gasteiger partial charge in [-0.3, -0.25) is 4.79 Å². The normalized spacial score (nSPS) is 16.8. The second-order valence-corrected chi connectivity index (χ2v) is 7.35. The number of carbonyl (C=O) groups excluding carboxylic acids is 1. The number of anilines is 1. The zero-order chi connectivity index (χ0) is 16.8. The highest BCUT2D eigenvalue weighted by molar-refractivity contribution is 7.10. The van der Waals surface area contributed by atoms with Crippen LogP contribution in [-0.2, 0) is 4.79 Å². The maximum absolute atomic E-state index is 12.3. The lowest BCUT2D eigenvalue weighted by atomic mass is 9.91. The molecular weight excluding hydrogens is 342 g/mol. The summed E-state index contributed by atoms with van der Waals surface area (Å²) in [6.07, 6.45) is 0.453. The van der Waals surface area contributed by atoms with Crippen LogP contribution in [0, 0.1) is 13.8 Å². The molecule has 1 atom stereocenters. The van der Waals surface area contributed by atoms with Crippen molar-refractivity contribution in [3.05, 3.63) is 62.4 Å². The second-order valence-electron chi connectivity index (χ2n) is 5.96. The molecule has 4 nitrogen and oxygen atoms in total. The third kappa shape index (κ3) is 2.36. The molecule has 3 aromatic rings. The lowest BCUT2D eigenvalue weighted by Gasteiger charge is -2.23. The van der Waals surface area contributed by atoms with Crippen molar-refractivity contribution >= 4 is 34.7 Å². The van der Waals surface area contributed by atoms with E-state index in [0.29, 0.717) is 11.4 Å². The SMILES string of the molecule is Cc1nn(-c2cccc(Cl)c2C)c2c1C(c1cccs1)CC(=O)N2. The maximum atomic E-state index is 12.3. The van der Waals surface area contributed by atoms with Crippen molar-refractivity contribution in [1.29, 1.82) is 0 Å². The Morgan fingerprint density at radius 3 is 2.88 bits per heavy atom. The first-order valence-corrected chi connectivity index (χ1v) is 9.00. The Morgan fingerprint density at radius 2 is 2.12 bits per heavy atom. The maximum Gasteiger partial charge on any atom is 0.226 e. The summed E-state index contributed by atoms with van der Waals surface area (Å²) < 4.78 is 1.81. The number of carbonyl (C=O) groups is 1. The average molecular weight is 358 g/mol. The topological polar surface area (TPSA) is 46.9 Å². The molecule has 6 heteroatoms. The van der Waals surface area contributed by atoms with Gasteiger partial charge in [-0.15, -0.1) is 11.3 Å². The molecule has 4 rings (SSSR count). The zero-order valence-corrected chi connectivity index (χ0v) is 14.9. The van der Waals surface area contributed by atoms with E-state index in [4.69, 9.17) is 16.7 Å². The first-order chi connectivity index (χ1) is 11.6. The van der Waals surface area contributed by atoms with Crippen molar-refractivity contribution < 1.29 is 4.79 Å². The number of halogens is 1. The van der Waals surface area contributed by atoms with Gasteiger partial charge < -0.3 is 5.32 Å². The predicted octanol–water partition coefficient (Wildman–Crippen LogP) is 4.68. The van der Waals surface area contributed by atoms with Crippen molar-refractivity contribution in [2.45, 2.75) is 26.2 Å². The Balaban J connectivity index is 1.93. The predicted molar refractivity (Wildman–Crippen MR) is 97.5 cm³/mol. The fourth-order valence-corrected chi connectivity index (χ4v) is 4.29. The molecule has 24 heavy (non-hydrogen) atoms. The third-order valence-corrected chi connectivity index (χ3v) is 5.85. The quantitative estimate of drug-likeness (QED) is 0.724. The van der Waals surface area contributed by atoms with Crippen LogP contribution >= 0.6 is 22.9 Å². The highest BCUT2D eigenvalue weighted by Crippen LogP contribution is 2.42. The molecule has 2 aromatic heterocycles. The Hall–Kier alpha value is -2.11. The zero-order valence-electron chi connectivity index (χ0n) is 13.3. The van der Waals surface area contributed by atoms with Crippen LogP contribution < -0.4 is 5.32 Å². The van der Waals surface area contributed by atoms with Gasteiger partial charge in [0.05, 0.1) is 11.4 Å². The number of benzene rings is 1. The summed E-state index contributed by atoms with van der Waals surface area (Å²) in [5.74, 6) is 0.830. The standard InChI is InChI=1S/C18H16ClN3OS/c1-10-13(19)5-3-6-14(10)22-18-17(11(2)21-22)12(9-16(23)20-18)15-7-4-8-24-15/h3-8,12H,9H2,1-2H3,(H,20,23). The van der Waals surface area contributed by atoms with Gasteiger partial charge in [0.15, 0.2) is 0 Å². The molecule has 1 aliphatic rings. The third-order valence-electron chi connectivity index (χ3n) is 4.46. The Morgan fingerprint density at radius 1 is 1.29 bits per heavy atom. The first-order valence-electron chi connectivity index (χ1n) is 7.74. The van der Waals surface area contributed by atoms with Crippen molar-refractivity contribution in [2.75, 3.05) is 5.32 Å². The van der Waals surface area contributed by atoms with E-state index in [0.717, 1.165) is 28.3 Å². The summed E-state index contributed by atoms with van der Waals surface area (Å²) in [4.78, 5) is 13.5. The Kier molecular flexibility index (Phi) is 3.70. The fourth-order valence-electron chi connectivity index (χ4n) is 3.28. The number of fused-ring (bicyclic) bond motifs is 1. The lowest BCUT2D eigenvalue weighted by molar-refractivity contribution is -0.116. The van der Waals surface area contributed by atoms with E-state index in [-0.39, 0.29) is 11.8 Å². The number of hydrogen-bond acceptors (Lipinski definition) is 3. The number of rotatable bonds is 2. The molecule has 122 valence electrons. The highest BCUT2D eigenvalue weighted by atomic mass is 35.5. The minimum atomic E-state index is 0.0155. The van der Waals surface area contributed by atoms with Crippen LogP contribution in [-0.4, -0.2) is 15.7 Å². The second kappa shape index (κ2) is 5.76. The molecule has 1 aliphatic heterocycles. The number of aromatic nitrogens is 2. The molecule has 1 unspecified atom stereocenters. The molecular formula is C18H16ClN3OS. The number of hydrogen-bond donors (Lipinski definition) is 1. The lowest BCUT2D eigenvalue weighted by Crippen LogP contribution is -2.24. The van der Waals surface area contributed by atoms with Crippen LogP contribution in [0.15, 0.2) is 35.7 Å². The van der Waals surface area contributed by atoms with Crippen LogP contribution in [0.5, 0.6) is 0 Å². The number of thiophene rings is 1. The van der Waals surface area contributed by atoms with Gasteiger partial charge >= 0.3 is 0 Å². The Bertz CT molecular complexity index is 930. The van der Waals surface area contributed by atoms with Gasteiger partial charge in [-0.2, -0.15) is 5.10 Å². The molecule has 0 fully saturated rings. The first kappa shape index (κ1) is 15.4. The summed E-state index contributed by atoms with van der Waals surface area (Å²) >= 11 is 7.94. The van der Waals surface area contributed by atoms with Crippen LogP contribution in [0.1, 0.15) is 34.0 Å².